The molecular formula is C22H22BrN3O4. The van der Waals surface area contributed by atoms with Gasteiger partial charge in [-0.2, -0.15) is 0 Å². The average Bonchev–Trinajstić information content (AvgIpc) is 3.21. The molecule has 0 aliphatic rings. The van der Waals surface area contributed by atoms with Gasteiger partial charge in [0.25, 0.3) is 11.8 Å². The lowest BCUT2D eigenvalue weighted by atomic mass is 10.2. The van der Waals surface area contributed by atoms with E-state index in [-0.39, 0.29) is 24.1 Å². The van der Waals surface area contributed by atoms with Crippen LogP contribution in [0.25, 0.3) is 0 Å². The molecule has 0 unspecified atom stereocenters. The molecule has 8 heteroatoms. The Morgan fingerprint density at radius 2 is 1.77 bits per heavy atom. The fraction of sp³-hybridized carbons (Fsp3) is 0.227. The Kier molecular flexibility index (Phi) is 7.24. The van der Waals surface area contributed by atoms with E-state index in [4.69, 9.17) is 9.26 Å². The molecule has 0 spiro atoms. The Bertz CT molecular complexity index is 998. The molecule has 3 rings (SSSR count). The Balaban J connectivity index is 1.51. The second kappa shape index (κ2) is 10.1. The number of ether oxygens (including phenoxy) is 1. The second-order valence-electron chi connectivity index (χ2n) is 7.06. The van der Waals surface area contributed by atoms with Crippen LogP contribution in [-0.2, 0) is 6.61 Å². The van der Waals surface area contributed by atoms with Crippen LogP contribution < -0.4 is 15.4 Å². The van der Waals surface area contributed by atoms with Gasteiger partial charge in [-0.25, -0.2) is 0 Å². The number of nitrogens with zero attached hydrogens (tertiary/aromatic N) is 1. The van der Waals surface area contributed by atoms with Crippen molar-refractivity contribution in [1.29, 1.82) is 0 Å². The number of rotatable bonds is 8. The minimum Gasteiger partial charge on any atom is -0.486 e. The summed E-state index contributed by atoms with van der Waals surface area (Å²) in [5.74, 6) is 0.924. The third-order valence-electron chi connectivity index (χ3n) is 4.06. The zero-order chi connectivity index (χ0) is 21.5. The molecule has 0 saturated heterocycles. The fourth-order valence-electron chi connectivity index (χ4n) is 2.47. The molecule has 1 heterocycles. The number of anilines is 1. The van der Waals surface area contributed by atoms with E-state index in [1.165, 1.54) is 0 Å². The van der Waals surface area contributed by atoms with Crippen LogP contribution in [0.15, 0.2) is 63.6 Å². The number of carbonyl (C=O) groups is 2. The Morgan fingerprint density at radius 3 is 2.43 bits per heavy atom. The summed E-state index contributed by atoms with van der Waals surface area (Å²) in [5.41, 5.74) is 1.44. The predicted octanol–water partition coefficient (Wildman–Crippen LogP) is 4.65. The highest BCUT2D eigenvalue weighted by molar-refractivity contribution is 9.10. The van der Waals surface area contributed by atoms with E-state index < -0.39 is 0 Å². The standard InChI is InChI=1S/C22H22BrN3O4/c1-14(2)12-24-22(28)20-11-19(30-26-20)13-29-18-9-7-17(8-10-18)25-21(27)15-3-5-16(23)6-4-15/h3-11,14H,12-13H2,1-2H3,(H,24,28)(H,25,27). The summed E-state index contributed by atoms with van der Waals surface area (Å²) in [6, 6.07) is 15.6. The molecule has 0 bridgehead atoms. The van der Waals surface area contributed by atoms with Crippen molar-refractivity contribution < 1.29 is 18.8 Å². The van der Waals surface area contributed by atoms with E-state index in [0.717, 1.165) is 4.47 Å². The molecule has 0 fully saturated rings. The van der Waals surface area contributed by atoms with Gasteiger partial charge in [-0.15, -0.1) is 0 Å². The fourth-order valence-corrected chi connectivity index (χ4v) is 2.73. The number of halogens is 1. The maximum atomic E-state index is 12.3. The SMILES string of the molecule is CC(C)CNC(=O)c1cc(COc2ccc(NC(=O)c3ccc(Br)cc3)cc2)on1. The van der Waals surface area contributed by atoms with Gasteiger partial charge in [0.1, 0.15) is 12.4 Å². The smallest absolute Gasteiger partial charge is 0.273 e. The average molecular weight is 472 g/mol. The first-order valence-corrected chi connectivity index (χ1v) is 10.2. The molecule has 2 amide bonds. The van der Waals surface area contributed by atoms with E-state index in [1.54, 1.807) is 42.5 Å². The van der Waals surface area contributed by atoms with Crippen LogP contribution in [-0.4, -0.2) is 23.5 Å². The molecule has 0 aliphatic heterocycles. The molecule has 0 saturated carbocycles. The molecule has 0 radical (unpaired) electrons. The summed E-state index contributed by atoms with van der Waals surface area (Å²) >= 11 is 3.35. The van der Waals surface area contributed by atoms with Gasteiger partial charge in [-0.05, 0) is 54.4 Å². The van der Waals surface area contributed by atoms with Crippen molar-refractivity contribution >= 4 is 33.4 Å². The van der Waals surface area contributed by atoms with Gasteiger partial charge >= 0.3 is 0 Å². The maximum Gasteiger partial charge on any atom is 0.273 e. The van der Waals surface area contributed by atoms with Crippen LogP contribution >= 0.6 is 15.9 Å². The number of benzene rings is 2. The number of amides is 2. The van der Waals surface area contributed by atoms with E-state index in [1.807, 2.05) is 26.0 Å². The number of nitrogens with one attached hydrogen (secondary N) is 2. The summed E-state index contributed by atoms with van der Waals surface area (Å²) < 4.78 is 11.7. The highest BCUT2D eigenvalue weighted by Gasteiger charge is 2.13. The maximum absolute atomic E-state index is 12.3. The van der Waals surface area contributed by atoms with E-state index in [9.17, 15) is 9.59 Å². The van der Waals surface area contributed by atoms with Crippen LogP contribution in [0.3, 0.4) is 0 Å². The minimum absolute atomic E-state index is 0.134. The first-order chi connectivity index (χ1) is 14.4. The molecule has 30 heavy (non-hydrogen) atoms. The summed E-state index contributed by atoms with van der Waals surface area (Å²) in [6.45, 7) is 4.73. The zero-order valence-corrected chi connectivity index (χ0v) is 18.2. The van der Waals surface area contributed by atoms with Crippen molar-refractivity contribution in [2.24, 2.45) is 5.92 Å². The molecule has 156 valence electrons. The largest absolute Gasteiger partial charge is 0.486 e. The Labute approximate surface area is 182 Å². The van der Waals surface area contributed by atoms with Gasteiger partial charge < -0.3 is 19.9 Å². The number of carbonyl (C=O) groups excluding carboxylic acids is 2. The summed E-state index contributed by atoms with van der Waals surface area (Å²) in [5, 5.41) is 9.38. The van der Waals surface area contributed by atoms with Gasteiger partial charge in [0, 0.05) is 28.3 Å². The summed E-state index contributed by atoms with van der Waals surface area (Å²) in [7, 11) is 0. The first kappa shape index (κ1) is 21.6. The van der Waals surface area contributed by atoms with Gasteiger partial charge in [-0.3, -0.25) is 9.59 Å². The molecule has 2 N–H and O–H groups in total. The van der Waals surface area contributed by atoms with Crippen LogP contribution in [0.5, 0.6) is 5.75 Å². The van der Waals surface area contributed by atoms with Gasteiger partial charge in [-0.1, -0.05) is 34.9 Å². The number of hydrogen-bond acceptors (Lipinski definition) is 5. The molecule has 3 aromatic rings. The van der Waals surface area contributed by atoms with Crippen LogP contribution in [0.1, 0.15) is 40.5 Å². The highest BCUT2D eigenvalue weighted by atomic mass is 79.9. The summed E-state index contributed by atoms with van der Waals surface area (Å²) in [6.07, 6.45) is 0. The Hall–Kier alpha value is -3.13. The molecule has 7 nitrogen and oxygen atoms in total. The van der Waals surface area contributed by atoms with E-state index in [2.05, 4.69) is 31.7 Å². The molecule has 0 atom stereocenters. The lowest BCUT2D eigenvalue weighted by molar-refractivity contribution is 0.0939. The molecular weight excluding hydrogens is 450 g/mol. The number of hydrogen-bond donors (Lipinski definition) is 2. The van der Waals surface area contributed by atoms with Crippen LogP contribution in [0, 0.1) is 5.92 Å². The third kappa shape index (κ3) is 6.18. The van der Waals surface area contributed by atoms with Crippen molar-refractivity contribution in [1.82, 2.24) is 10.5 Å². The minimum atomic E-state index is -0.274. The second-order valence-corrected chi connectivity index (χ2v) is 7.97. The van der Waals surface area contributed by atoms with E-state index >= 15 is 0 Å². The molecule has 0 aliphatic carbocycles. The predicted molar refractivity (Wildman–Crippen MR) is 117 cm³/mol. The van der Waals surface area contributed by atoms with Crippen molar-refractivity contribution in [3.05, 3.63) is 76.1 Å². The molecule has 2 aromatic carbocycles. The number of aromatic nitrogens is 1. The van der Waals surface area contributed by atoms with Crippen molar-refractivity contribution in [3.8, 4) is 5.75 Å². The molecule has 1 aromatic heterocycles. The van der Waals surface area contributed by atoms with Crippen molar-refractivity contribution in [2.75, 3.05) is 11.9 Å². The quantitative estimate of drug-likeness (QED) is 0.498. The lowest BCUT2D eigenvalue weighted by Gasteiger charge is -2.07. The van der Waals surface area contributed by atoms with Gasteiger partial charge in [0.15, 0.2) is 11.5 Å². The van der Waals surface area contributed by atoms with Crippen LogP contribution in [0.2, 0.25) is 0 Å². The van der Waals surface area contributed by atoms with Gasteiger partial charge in [0.2, 0.25) is 0 Å². The zero-order valence-electron chi connectivity index (χ0n) is 16.6. The normalized spacial score (nSPS) is 10.7. The van der Waals surface area contributed by atoms with Crippen molar-refractivity contribution in [3.63, 3.8) is 0 Å². The van der Waals surface area contributed by atoms with Crippen molar-refractivity contribution in [2.45, 2.75) is 20.5 Å². The van der Waals surface area contributed by atoms with Crippen LogP contribution in [0.4, 0.5) is 5.69 Å². The van der Waals surface area contributed by atoms with Gasteiger partial charge in [0.05, 0.1) is 0 Å². The topological polar surface area (TPSA) is 93.5 Å². The highest BCUT2D eigenvalue weighted by Crippen LogP contribution is 2.19. The van der Waals surface area contributed by atoms with E-state index in [0.29, 0.717) is 35.2 Å². The lowest BCUT2D eigenvalue weighted by Crippen LogP contribution is -2.27. The third-order valence-corrected chi connectivity index (χ3v) is 4.59. The Morgan fingerprint density at radius 1 is 1.07 bits per heavy atom. The first-order valence-electron chi connectivity index (χ1n) is 9.44. The summed E-state index contributed by atoms with van der Waals surface area (Å²) in [4.78, 5) is 24.2. The monoisotopic (exact) mass is 471 g/mol.